The number of benzene rings is 1. The van der Waals surface area contributed by atoms with Crippen LogP contribution < -0.4 is 25.4 Å². The van der Waals surface area contributed by atoms with Crippen molar-refractivity contribution in [3.8, 4) is 5.75 Å². The second-order valence-electron chi connectivity index (χ2n) is 7.70. The molecule has 2 heterocycles. The van der Waals surface area contributed by atoms with Crippen LogP contribution in [0, 0.1) is 0 Å². The van der Waals surface area contributed by atoms with Gasteiger partial charge in [-0.05, 0) is 49.1 Å². The van der Waals surface area contributed by atoms with Gasteiger partial charge in [0.2, 0.25) is 0 Å². The number of hydrogen-bond donors (Lipinski definition) is 5. The van der Waals surface area contributed by atoms with Crippen molar-refractivity contribution in [2.75, 3.05) is 30.3 Å². The van der Waals surface area contributed by atoms with E-state index < -0.39 is 16.5 Å². The highest BCUT2D eigenvalue weighted by Crippen LogP contribution is 2.46. The quantitative estimate of drug-likeness (QED) is 0.466. The number of nitrogens with zero attached hydrogens (tertiary/aromatic N) is 3. The standard InChI is InChI=1S/C19H26N6O4S/c1-19(2,22-18(26)12-8-9-21-15(10-12)25(3)4)11-29-14-7-5-6-13-16(14)17(20)24-30(27,28)23-13/h5-10,23,27-28H,11H2,1-4H3,(H2,20,24)(H,22,26). The maximum atomic E-state index is 12.7. The lowest BCUT2D eigenvalue weighted by Crippen LogP contribution is -2.48. The first-order valence-electron chi connectivity index (χ1n) is 9.11. The summed E-state index contributed by atoms with van der Waals surface area (Å²) in [4.78, 5) is 18.7. The number of nitrogens with one attached hydrogen (secondary N) is 2. The van der Waals surface area contributed by atoms with Crippen molar-refractivity contribution < 1.29 is 18.6 Å². The highest BCUT2D eigenvalue weighted by atomic mass is 32.3. The molecule has 10 nitrogen and oxygen atoms in total. The summed E-state index contributed by atoms with van der Waals surface area (Å²) in [6.45, 7) is 3.81. The first-order chi connectivity index (χ1) is 14.0. The molecule has 6 N–H and O–H groups in total. The molecule has 0 fully saturated rings. The van der Waals surface area contributed by atoms with Crippen molar-refractivity contribution >= 4 is 34.2 Å². The van der Waals surface area contributed by atoms with Crippen LogP contribution in [0.3, 0.4) is 0 Å². The molecular weight excluding hydrogens is 408 g/mol. The molecule has 11 heteroatoms. The molecule has 0 atom stereocenters. The Bertz CT molecular complexity index is 993. The lowest BCUT2D eigenvalue weighted by atomic mass is 10.1. The van der Waals surface area contributed by atoms with Gasteiger partial charge in [0.1, 0.15) is 18.2 Å². The first-order valence-corrected chi connectivity index (χ1v) is 10.6. The van der Waals surface area contributed by atoms with Gasteiger partial charge in [0, 0.05) is 25.9 Å². The Kier molecular flexibility index (Phi) is 5.79. The van der Waals surface area contributed by atoms with Crippen molar-refractivity contribution in [1.29, 1.82) is 0 Å². The minimum absolute atomic E-state index is 0.0332. The van der Waals surface area contributed by atoms with Crippen LogP contribution in [0.2, 0.25) is 0 Å². The number of anilines is 2. The third kappa shape index (κ3) is 4.93. The number of hydrogen-bond acceptors (Lipinski definition) is 9. The molecule has 0 radical (unpaired) electrons. The van der Waals surface area contributed by atoms with E-state index in [1.54, 1.807) is 36.5 Å². The maximum Gasteiger partial charge on any atom is 0.252 e. The fourth-order valence-electron chi connectivity index (χ4n) is 2.83. The number of nitrogens with two attached hydrogens (primary N) is 1. The summed E-state index contributed by atoms with van der Waals surface area (Å²) < 4.78 is 31.7. The zero-order valence-electron chi connectivity index (χ0n) is 17.2. The second kappa shape index (κ2) is 8.01. The molecule has 1 aromatic carbocycles. The molecule has 1 aromatic heterocycles. The molecule has 2 aromatic rings. The van der Waals surface area contributed by atoms with Gasteiger partial charge in [-0.25, -0.2) is 4.98 Å². The monoisotopic (exact) mass is 434 g/mol. The summed E-state index contributed by atoms with van der Waals surface area (Å²) in [6.07, 6.45) is 1.59. The maximum absolute atomic E-state index is 12.7. The molecule has 0 aliphatic carbocycles. The number of ether oxygens (including phenoxy) is 1. The fourth-order valence-corrected chi connectivity index (χ4v) is 3.71. The van der Waals surface area contributed by atoms with Crippen molar-refractivity contribution in [2.45, 2.75) is 19.4 Å². The molecule has 0 bridgehead atoms. The van der Waals surface area contributed by atoms with Gasteiger partial charge in [-0.2, -0.15) is 0 Å². The van der Waals surface area contributed by atoms with Crippen LogP contribution in [0.15, 0.2) is 40.9 Å². The largest absolute Gasteiger partial charge is 0.490 e. The van der Waals surface area contributed by atoms with Crippen molar-refractivity contribution in [3.05, 3.63) is 47.7 Å². The van der Waals surface area contributed by atoms with Crippen LogP contribution in [0.1, 0.15) is 29.8 Å². The predicted molar refractivity (Wildman–Crippen MR) is 119 cm³/mol. The van der Waals surface area contributed by atoms with Crippen LogP contribution >= 0.6 is 11.0 Å². The highest BCUT2D eigenvalue weighted by molar-refractivity contribution is 8.24. The topological polar surface area (TPSA) is 145 Å². The number of rotatable bonds is 6. The van der Waals surface area contributed by atoms with Crippen LogP contribution in [0.4, 0.5) is 11.5 Å². The normalized spacial score (nSPS) is 15.9. The number of pyridine rings is 1. The first kappa shape index (κ1) is 21.7. The average Bonchev–Trinajstić information content (AvgIpc) is 2.65. The molecule has 0 saturated heterocycles. The number of fused-ring (bicyclic) bond motifs is 1. The predicted octanol–water partition coefficient (Wildman–Crippen LogP) is 2.45. The smallest absolute Gasteiger partial charge is 0.252 e. The highest BCUT2D eigenvalue weighted by Gasteiger charge is 2.27. The molecule has 30 heavy (non-hydrogen) atoms. The van der Waals surface area contributed by atoms with Gasteiger partial charge in [0.15, 0.2) is 5.84 Å². The van der Waals surface area contributed by atoms with E-state index in [1.807, 2.05) is 32.8 Å². The minimum atomic E-state index is -3.37. The van der Waals surface area contributed by atoms with Crippen molar-refractivity contribution in [1.82, 2.24) is 10.3 Å². The number of carbonyl (C=O) groups is 1. The molecule has 1 amide bonds. The van der Waals surface area contributed by atoms with E-state index in [0.717, 1.165) is 0 Å². The van der Waals surface area contributed by atoms with E-state index in [0.29, 0.717) is 28.4 Å². The summed E-state index contributed by atoms with van der Waals surface area (Å²) >= 11 is 0. The Morgan fingerprint density at radius 2 is 2.07 bits per heavy atom. The molecule has 0 spiro atoms. The number of amides is 1. The Labute approximate surface area is 176 Å². The molecule has 1 aliphatic rings. The summed E-state index contributed by atoms with van der Waals surface area (Å²) in [5.41, 5.74) is 6.54. The average molecular weight is 435 g/mol. The third-order valence-corrected chi connectivity index (χ3v) is 5.21. The minimum Gasteiger partial charge on any atom is -0.490 e. The summed E-state index contributed by atoms with van der Waals surface area (Å²) in [7, 11) is 0.335. The Hall–Kier alpha value is -3.02. The van der Waals surface area contributed by atoms with E-state index >= 15 is 0 Å². The number of aromatic nitrogens is 1. The van der Waals surface area contributed by atoms with Crippen LogP contribution in [-0.4, -0.2) is 52.1 Å². The molecule has 0 saturated carbocycles. The Morgan fingerprint density at radius 3 is 2.77 bits per heavy atom. The second-order valence-corrected chi connectivity index (χ2v) is 9.12. The van der Waals surface area contributed by atoms with E-state index in [2.05, 4.69) is 19.4 Å². The van der Waals surface area contributed by atoms with Crippen molar-refractivity contribution in [2.24, 2.45) is 10.1 Å². The number of amidine groups is 1. The van der Waals surface area contributed by atoms with Crippen LogP contribution in [0.5, 0.6) is 5.75 Å². The van der Waals surface area contributed by atoms with E-state index in [1.165, 1.54) is 0 Å². The van der Waals surface area contributed by atoms with Crippen LogP contribution in [-0.2, 0) is 0 Å². The lowest BCUT2D eigenvalue weighted by Gasteiger charge is -2.34. The van der Waals surface area contributed by atoms with E-state index in [9.17, 15) is 13.9 Å². The van der Waals surface area contributed by atoms with Gasteiger partial charge < -0.3 is 20.7 Å². The summed E-state index contributed by atoms with van der Waals surface area (Å²) in [5, 5.41) is 2.95. The summed E-state index contributed by atoms with van der Waals surface area (Å²) in [6, 6.07) is 8.40. The molecule has 3 rings (SSSR count). The lowest BCUT2D eigenvalue weighted by molar-refractivity contribution is 0.0880. The molecule has 0 unspecified atom stereocenters. The van der Waals surface area contributed by atoms with E-state index in [4.69, 9.17) is 10.5 Å². The molecular formula is C19H26N6O4S. The van der Waals surface area contributed by atoms with E-state index in [-0.39, 0.29) is 18.3 Å². The van der Waals surface area contributed by atoms with Crippen LogP contribution in [0.25, 0.3) is 0 Å². The number of carbonyl (C=O) groups excluding carboxylic acids is 1. The van der Waals surface area contributed by atoms with Crippen molar-refractivity contribution in [3.63, 3.8) is 0 Å². The molecule has 1 aliphatic heterocycles. The Balaban J connectivity index is 1.72. The third-order valence-electron chi connectivity index (χ3n) is 4.26. The Morgan fingerprint density at radius 1 is 1.33 bits per heavy atom. The van der Waals surface area contributed by atoms with Gasteiger partial charge in [-0.3, -0.25) is 18.6 Å². The summed E-state index contributed by atoms with van der Waals surface area (Å²) in [5.74, 6) is 0.813. The molecule has 162 valence electrons. The fraction of sp³-hybridized carbons (Fsp3) is 0.316. The van der Waals surface area contributed by atoms with Gasteiger partial charge in [0.25, 0.3) is 5.91 Å². The van der Waals surface area contributed by atoms with Gasteiger partial charge in [-0.15, -0.1) is 4.40 Å². The zero-order valence-corrected chi connectivity index (χ0v) is 18.0. The van der Waals surface area contributed by atoms with Gasteiger partial charge in [0.05, 0.1) is 16.8 Å². The van der Waals surface area contributed by atoms with Gasteiger partial charge >= 0.3 is 0 Å². The SMILES string of the molecule is CN(C)c1cc(C(=O)NC(C)(C)COc2cccc3c2C(N)=NS(O)(O)N3)ccn1. The zero-order chi connectivity index (χ0) is 22.1. The van der Waals surface area contributed by atoms with Gasteiger partial charge in [-0.1, -0.05) is 6.07 Å².